The first-order valence-electron chi connectivity index (χ1n) is 6.70. The molecule has 0 saturated heterocycles. The van der Waals surface area contributed by atoms with Crippen LogP contribution in [0.2, 0.25) is 0 Å². The average molecular weight is 279 g/mol. The summed E-state index contributed by atoms with van der Waals surface area (Å²) in [5.41, 5.74) is 0. The van der Waals surface area contributed by atoms with Gasteiger partial charge in [-0.15, -0.1) is 0 Å². The largest absolute Gasteiger partial charge is 0.317 e. The summed E-state index contributed by atoms with van der Waals surface area (Å²) in [6.07, 6.45) is 0.668. The predicted molar refractivity (Wildman–Crippen MR) is 77.3 cm³/mol. The van der Waals surface area contributed by atoms with Gasteiger partial charge < -0.3 is 10.2 Å². The molecule has 0 aromatic carbocycles. The van der Waals surface area contributed by atoms with Crippen LogP contribution in [0, 0.1) is 0 Å². The van der Waals surface area contributed by atoms with E-state index in [1.165, 1.54) is 0 Å². The van der Waals surface area contributed by atoms with E-state index in [1.807, 2.05) is 39.8 Å². The number of rotatable bonds is 10. The van der Waals surface area contributed by atoms with Crippen molar-refractivity contribution < 1.29 is 8.42 Å². The molecule has 0 aliphatic rings. The molecule has 110 valence electrons. The highest BCUT2D eigenvalue weighted by molar-refractivity contribution is 7.89. The van der Waals surface area contributed by atoms with Crippen LogP contribution in [0.4, 0.5) is 0 Å². The fourth-order valence-corrected chi connectivity index (χ4v) is 3.83. The second-order valence-electron chi connectivity index (χ2n) is 4.84. The van der Waals surface area contributed by atoms with Crippen molar-refractivity contribution in [2.45, 2.75) is 33.2 Å². The van der Waals surface area contributed by atoms with Gasteiger partial charge >= 0.3 is 0 Å². The minimum absolute atomic E-state index is 0.0223. The van der Waals surface area contributed by atoms with Crippen molar-refractivity contribution in [3.8, 4) is 0 Å². The van der Waals surface area contributed by atoms with E-state index >= 15 is 0 Å². The van der Waals surface area contributed by atoms with Crippen molar-refractivity contribution in [1.82, 2.24) is 14.5 Å². The van der Waals surface area contributed by atoms with Crippen LogP contribution in [-0.4, -0.2) is 69.7 Å². The summed E-state index contributed by atoms with van der Waals surface area (Å²) in [6.45, 7) is 8.81. The van der Waals surface area contributed by atoms with Gasteiger partial charge in [0, 0.05) is 19.1 Å². The average Bonchev–Trinajstić information content (AvgIpc) is 2.23. The van der Waals surface area contributed by atoms with Gasteiger partial charge in [-0.2, -0.15) is 4.31 Å². The van der Waals surface area contributed by atoms with Gasteiger partial charge in [0.05, 0.1) is 5.75 Å². The van der Waals surface area contributed by atoms with E-state index in [4.69, 9.17) is 0 Å². The van der Waals surface area contributed by atoms with Gasteiger partial charge in [-0.1, -0.05) is 13.8 Å². The number of sulfonamides is 1. The molecular weight excluding hydrogens is 250 g/mol. The Morgan fingerprint density at radius 3 is 2.28 bits per heavy atom. The lowest BCUT2D eigenvalue weighted by Crippen LogP contribution is -2.44. The summed E-state index contributed by atoms with van der Waals surface area (Å²) in [7, 11) is 0.790. The summed E-state index contributed by atoms with van der Waals surface area (Å²) in [4.78, 5) is 2.02. The molecule has 0 aliphatic carbocycles. The molecule has 0 aromatic heterocycles. The number of nitrogens with zero attached hydrogens (tertiary/aromatic N) is 2. The third-order valence-electron chi connectivity index (χ3n) is 2.80. The van der Waals surface area contributed by atoms with E-state index in [9.17, 15) is 8.42 Å². The molecule has 0 radical (unpaired) electrons. The number of hydrogen-bond acceptors (Lipinski definition) is 4. The van der Waals surface area contributed by atoms with E-state index in [1.54, 1.807) is 4.31 Å². The quantitative estimate of drug-likeness (QED) is 0.595. The first-order chi connectivity index (χ1) is 8.35. The topological polar surface area (TPSA) is 52.7 Å². The predicted octanol–water partition coefficient (Wildman–Crippen LogP) is 0.588. The third-order valence-corrected chi connectivity index (χ3v) is 4.93. The highest BCUT2D eigenvalue weighted by Crippen LogP contribution is 2.09. The van der Waals surface area contributed by atoms with Crippen LogP contribution in [-0.2, 0) is 10.0 Å². The van der Waals surface area contributed by atoms with Gasteiger partial charge in [0.1, 0.15) is 0 Å². The first kappa shape index (κ1) is 17.8. The van der Waals surface area contributed by atoms with Crippen molar-refractivity contribution in [2.75, 3.05) is 46.0 Å². The molecule has 1 unspecified atom stereocenters. The van der Waals surface area contributed by atoms with E-state index in [0.29, 0.717) is 13.0 Å². The Morgan fingerprint density at radius 2 is 1.83 bits per heavy atom. The Morgan fingerprint density at radius 1 is 1.22 bits per heavy atom. The molecule has 0 rings (SSSR count). The summed E-state index contributed by atoms with van der Waals surface area (Å²) in [5.74, 6) is 0.228. The Kier molecular flexibility index (Phi) is 8.77. The molecule has 0 aliphatic heterocycles. The standard InChI is InChI=1S/C12H29N3O2S/c1-6-13-9-8-10-18(16,17)15(7-2)12(3)11-14(4)5/h12-13H,6-11H2,1-5H3. The molecule has 0 heterocycles. The monoisotopic (exact) mass is 279 g/mol. The Hall–Kier alpha value is -0.170. The van der Waals surface area contributed by atoms with Gasteiger partial charge in [-0.25, -0.2) is 8.42 Å². The number of nitrogens with one attached hydrogen (secondary N) is 1. The first-order valence-corrected chi connectivity index (χ1v) is 8.31. The van der Waals surface area contributed by atoms with Gasteiger partial charge in [0.2, 0.25) is 10.0 Å². The third kappa shape index (κ3) is 6.68. The van der Waals surface area contributed by atoms with Crippen molar-refractivity contribution in [1.29, 1.82) is 0 Å². The SMILES string of the molecule is CCNCCCS(=O)(=O)N(CC)C(C)CN(C)C. The minimum atomic E-state index is -3.13. The zero-order valence-electron chi connectivity index (χ0n) is 12.4. The van der Waals surface area contributed by atoms with Gasteiger partial charge in [-0.05, 0) is 40.5 Å². The molecule has 1 N–H and O–H groups in total. The lowest BCUT2D eigenvalue weighted by atomic mass is 10.3. The zero-order chi connectivity index (χ0) is 14.2. The van der Waals surface area contributed by atoms with Crippen LogP contribution in [0.25, 0.3) is 0 Å². The normalized spacial score (nSPS) is 14.4. The highest BCUT2D eigenvalue weighted by atomic mass is 32.2. The van der Waals surface area contributed by atoms with Crippen molar-refractivity contribution in [3.63, 3.8) is 0 Å². The smallest absolute Gasteiger partial charge is 0.214 e. The van der Waals surface area contributed by atoms with Crippen molar-refractivity contribution >= 4 is 10.0 Å². The molecule has 6 heteroatoms. The molecular formula is C12H29N3O2S. The van der Waals surface area contributed by atoms with E-state index < -0.39 is 10.0 Å². The molecule has 5 nitrogen and oxygen atoms in total. The zero-order valence-corrected chi connectivity index (χ0v) is 13.3. The minimum Gasteiger partial charge on any atom is -0.317 e. The molecule has 1 atom stereocenters. The second kappa shape index (κ2) is 8.85. The van der Waals surface area contributed by atoms with Gasteiger partial charge in [0.15, 0.2) is 0 Å². The van der Waals surface area contributed by atoms with E-state index in [2.05, 4.69) is 5.32 Å². The Bertz CT molecular complexity index is 304. The van der Waals surface area contributed by atoms with Crippen LogP contribution < -0.4 is 5.32 Å². The second-order valence-corrected chi connectivity index (χ2v) is 6.88. The summed E-state index contributed by atoms with van der Waals surface area (Å²) < 4.78 is 26.1. The molecule has 0 fully saturated rings. The maximum Gasteiger partial charge on any atom is 0.214 e. The van der Waals surface area contributed by atoms with Crippen LogP contribution in [0.1, 0.15) is 27.2 Å². The summed E-state index contributed by atoms with van der Waals surface area (Å²) >= 11 is 0. The van der Waals surface area contributed by atoms with Crippen molar-refractivity contribution in [3.05, 3.63) is 0 Å². The molecule has 0 saturated carbocycles. The lowest BCUT2D eigenvalue weighted by molar-refractivity contribution is 0.271. The van der Waals surface area contributed by atoms with E-state index in [0.717, 1.165) is 19.6 Å². The van der Waals surface area contributed by atoms with Crippen LogP contribution in [0.5, 0.6) is 0 Å². The van der Waals surface area contributed by atoms with Crippen LogP contribution in [0.15, 0.2) is 0 Å². The molecule has 0 amide bonds. The fourth-order valence-electron chi connectivity index (χ4n) is 2.08. The highest BCUT2D eigenvalue weighted by Gasteiger charge is 2.25. The maximum absolute atomic E-state index is 12.2. The fraction of sp³-hybridized carbons (Fsp3) is 1.00. The molecule has 0 spiro atoms. The van der Waals surface area contributed by atoms with Crippen LogP contribution >= 0.6 is 0 Å². The van der Waals surface area contributed by atoms with Gasteiger partial charge in [0.25, 0.3) is 0 Å². The maximum atomic E-state index is 12.2. The lowest BCUT2D eigenvalue weighted by Gasteiger charge is -2.29. The Labute approximate surface area is 113 Å². The van der Waals surface area contributed by atoms with Crippen LogP contribution in [0.3, 0.4) is 0 Å². The number of likely N-dealkylation sites (N-methyl/N-ethyl adjacent to an activating group) is 2. The molecule has 18 heavy (non-hydrogen) atoms. The van der Waals surface area contributed by atoms with E-state index in [-0.39, 0.29) is 11.8 Å². The summed E-state index contributed by atoms with van der Waals surface area (Å²) in [6, 6.07) is 0.0223. The summed E-state index contributed by atoms with van der Waals surface area (Å²) in [5, 5.41) is 3.15. The molecule has 0 aromatic rings. The molecule has 0 bridgehead atoms. The number of hydrogen-bond donors (Lipinski definition) is 1. The van der Waals surface area contributed by atoms with Gasteiger partial charge in [-0.3, -0.25) is 0 Å². The Balaban J connectivity index is 4.42. The van der Waals surface area contributed by atoms with Crippen molar-refractivity contribution in [2.24, 2.45) is 0 Å².